The van der Waals surface area contributed by atoms with Gasteiger partial charge in [0.1, 0.15) is 5.01 Å². The number of aliphatic hydroxyl groups is 1. The van der Waals surface area contributed by atoms with Crippen LogP contribution in [0, 0.1) is 0 Å². The van der Waals surface area contributed by atoms with Crippen molar-refractivity contribution in [3.8, 4) is 0 Å². The van der Waals surface area contributed by atoms with Crippen molar-refractivity contribution in [2.75, 3.05) is 6.54 Å². The molecule has 1 atom stereocenters. The summed E-state index contributed by atoms with van der Waals surface area (Å²) < 4.78 is 37.6. The van der Waals surface area contributed by atoms with E-state index in [2.05, 4.69) is 15.6 Å². The lowest BCUT2D eigenvalue weighted by atomic mass is 9.80. The molecule has 0 bridgehead atoms. The molecule has 22 heavy (non-hydrogen) atoms. The summed E-state index contributed by atoms with van der Waals surface area (Å²) in [6.07, 6.45) is -1.85. The van der Waals surface area contributed by atoms with Crippen LogP contribution in [0.4, 0.5) is 18.0 Å². The van der Waals surface area contributed by atoms with E-state index in [1.807, 2.05) is 0 Å². The summed E-state index contributed by atoms with van der Waals surface area (Å²) in [6.45, 7) is 1.89. The van der Waals surface area contributed by atoms with Gasteiger partial charge in [0.15, 0.2) is 5.69 Å². The van der Waals surface area contributed by atoms with Gasteiger partial charge in [-0.3, -0.25) is 0 Å². The van der Waals surface area contributed by atoms with Crippen molar-refractivity contribution >= 4 is 17.4 Å². The van der Waals surface area contributed by atoms with Crippen LogP contribution >= 0.6 is 11.3 Å². The number of alkyl halides is 3. The summed E-state index contributed by atoms with van der Waals surface area (Å²) in [4.78, 5) is 15.3. The summed E-state index contributed by atoms with van der Waals surface area (Å²) in [5, 5.41) is 16.2. The monoisotopic (exact) mass is 337 g/mol. The van der Waals surface area contributed by atoms with Crippen LogP contribution in [0.15, 0.2) is 5.38 Å². The molecule has 2 rings (SSSR count). The molecule has 1 fully saturated rings. The minimum atomic E-state index is -4.48. The highest BCUT2D eigenvalue weighted by Crippen LogP contribution is 2.32. The van der Waals surface area contributed by atoms with Crippen molar-refractivity contribution < 1.29 is 23.1 Å². The molecule has 2 amide bonds. The maximum Gasteiger partial charge on any atom is 0.434 e. The lowest BCUT2D eigenvalue weighted by molar-refractivity contribution is -0.140. The van der Waals surface area contributed by atoms with Crippen molar-refractivity contribution in [3.63, 3.8) is 0 Å². The number of nitrogens with one attached hydrogen (secondary N) is 2. The van der Waals surface area contributed by atoms with Gasteiger partial charge >= 0.3 is 12.2 Å². The fourth-order valence-corrected chi connectivity index (χ4v) is 3.09. The third-order valence-electron chi connectivity index (χ3n) is 3.69. The number of hydrogen-bond acceptors (Lipinski definition) is 4. The second-order valence-electron chi connectivity index (χ2n) is 5.43. The van der Waals surface area contributed by atoms with Gasteiger partial charge in [-0.05, 0) is 25.7 Å². The Labute approximate surface area is 129 Å². The molecule has 0 radical (unpaired) electrons. The number of carbonyl (C=O) groups excluding carboxylic acids is 1. The number of thiazole rings is 1. The predicted molar refractivity (Wildman–Crippen MR) is 75.5 cm³/mol. The van der Waals surface area contributed by atoms with Crippen molar-refractivity contribution in [1.82, 2.24) is 15.6 Å². The fraction of sp³-hybridized carbons (Fsp3) is 0.692. The molecule has 1 saturated carbocycles. The fourth-order valence-electron chi connectivity index (χ4n) is 2.13. The van der Waals surface area contributed by atoms with Crippen LogP contribution < -0.4 is 10.6 Å². The lowest BCUT2D eigenvalue weighted by Crippen LogP contribution is -2.50. The van der Waals surface area contributed by atoms with E-state index in [-0.39, 0.29) is 11.6 Å². The number of amides is 2. The van der Waals surface area contributed by atoms with Gasteiger partial charge in [-0.25, -0.2) is 9.78 Å². The number of carbonyl (C=O) groups is 1. The third kappa shape index (κ3) is 4.10. The molecule has 0 spiro atoms. The Morgan fingerprint density at radius 2 is 2.23 bits per heavy atom. The highest BCUT2D eigenvalue weighted by atomic mass is 32.1. The zero-order valence-corrected chi connectivity index (χ0v) is 12.9. The molecule has 3 N–H and O–H groups in total. The quantitative estimate of drug-likeness (QED) is 0.773. The first-order valence-electron chi connectivity index (χ1n) is 7.03. The van der Waals surface area contributed by atoms with Crippen molar-refractivity contribution in [2.24, 2.45) is 0 Å². The van der Waals surface area contributed by atoms with E-state index in [0.717, 1.165) is 23.1 Å². The zero-order chi connectivity index (χ0) is 16.4. The molecule has 1 aliphatic rings. The van der Waals surface area contributed by atoms with Gasteiger partial charge < -0.3 is 15.7 Å². The Hall–Kier alpha value is -1.35. The molecule has 5 nitrogen and oxygen atoms in total. The number of rotatable bonds is 5. The number of nitrogens with zero attached hydrogens (tertiary/aromatic N) is 1. The van der Waals surface area contributed by atoms with E-state index in [1.165, 1.54) is 0 Å². The molecule has 0 saturated heterocycles. The standard InChI is InChI=1S/C13H18F3N3O2S/c1-2-8(10-19-9(6-22-10)13(14,15)16)18-11(20)17-7-12(21)4-3-5-12/h6,8,21H,2-5,7H2,1H3,(H2,17,18,20). The lowest BCUT2D eigenvalue weighted by Gasteiger charge is -2.36. The molecule has 1 aliphatic carbocycles. The van der Waals surface area contributed by atoms with Crippen LogP contribution in [0.2, 0.25) is 0 Å². The molecular weight excluding hydrogens is 319 g/mol. The SMILES string of the molecule is CCC(NC(=O)NCC1(O)CCC1)c1nc(C(F)(F)F)cs1. The topological polar surface area (TPSA) is 74.2 Å². The van der Waals surface area contributed by atoms with Crippen LogP contribution in [0.5, 0.6) is 0 Å². The average molecular weight is 337 g/mol. The first-order chi connectivity index (χ1) is 10.2. The summed E-state index contributed by atoms with van der Waals surface area (Å²) in [5.41, 5.74) is -1.79. The van der Waals surface area contributed by atoms with Gasteiger partial charge in [0, 0.05) is 11.9 Å². The van der Waals surface area contributed by atoms with Gasteiger partial charge in [-0.15, -0.1) is 11.3 Å². The summed E-state index contributed by atoms with van der Waals surface area (Å²) >= 11 is 0.867. The van der Waals surface area contributed by atoms with Crippen molar-refractivity contribution in [3.05, 3.63) is 16.1 Å². The number of hydrogen-bond donors (Lipinski definition) is 3. The van der Waals surface area contributed by atoms with E-state index >= 15 is 0 Å². The number of urea groups is 1. The molecule has 1 unspecified atom stereocenters. The first-order valence-corrected chi connectivity index (χ1v) is 7.91. The van der Waals surface area contributed by atoms with Crippen LogP contribution in [-0.2, 0) is 6.18 Å². The maximum absolute atomic E-state index is 12.5. The van der Waals surface area contributed by atoms with Crippen LogP contribution in [0.1, 0.15) is 49.4 Å². The van der Waals surface area contributed by atoms with E-state index in [1.54, 1.807) is 6.92 Å². The van der Waals surface area contributed by atoms with Crippen LogP contribution in [0.25, 0.3) is 0 Å². The minimum Gasteiger partial charge on any atom is -0.388 e. The number of aromatic nitrogens is 1. The highest BCUT2D eigenvalue weighted by molar-refractivity contribution is 7.09. The zero-order valence-electron chi connectivity index (χ0n) is 12.0. The molecule has 9 heteroatoms. The highest BCUT2D eigenvalue weighted by Gasteiger charge is 2.36. The van der Waals surface area contributed by atoms with Gasteiger partial charge in [0.2, 0.25) is 0 Å². The van der Waals surface area contributed by atoms with Crippen molar-refractivity contribution in [2.45, 2.75) is 50.4 Å². The van der Waals surface area contributed by atoms with Gasteiger partial charge in [-0.1, -0.05) is 6.92 Å². The first kappa shape index (κ1) is 17.0. The van der Waals surface area contributed by atoms with Gasteiger partial charge in [-0.2, -0.15) is 13.2 Å². The van der Waals surface area contributed by atoms with E-state index < -0.39 is 29.5 Å². The summed E-state index contributed by atoms with van der Waals surface area (Å²) in [7, 11) is 0. The normalized spacial score (nSPS) is 18.4. The van der Waals surface area contributed by atoms with E-state index in [0.29, 0.717) is 19.3 Å². The van der Waals surface area contributed by atoms with Crippen LogP contribution in [-0.4, -0.2) is 28.3 Å². The van der Waals surface area contributed by atoms with Crippen molar-refractivity contribution in [1.29, 1.82) is 0 Å². The second-order valence-corrected chi connectivity index (χ2v) is 6.32. The Balaban J connectivity index is 1.91. The van der Waals surface area contributed by atoms with E-state index in [4.69, 9.17) is 0 Å². The Kier molecular flexibility index (Phi) is 4.96. The molecule has 0 aromatic carbocycles. The average Bonchev–Trinajstić information content (AvgIpc) is 2.90. The summed E-state index contributed by atoms with van der Waals surface area (Å²) in [5.74, 6) is 0. The number of halogens is 3. The van der Waals surface area contributed by atoms with Crippen LogP contribution in [0.3, 0.4) is 0 Å². The molecule has 1 aromatic heterocycles. The molecule has 124 valence electrons. The summed E-state index contributed by atoms with van der Waals surface area (Å²) in [6, 6.07) is -1.10. The Morgan fingerprint density at radius 1 is 1.55 bits per heavy atom. The smallest absolute Gasteiger partial charge is 0.388 e. The largest absolute Gasteiger partial charge is 0.434 e. The van der Waals surface area contributed by atoms with E-state index in [9.17, 15) is 23.1 Å². The Morgan fingerprint density at radius 3 is 2.68 bits per heavy atom. The minimum absolute atomic E-state index is 0.140. The molecular formula is C13H18F3N3O2S. The Bertz CT molecular complexity index is 529. The molecule has 1 aromatic rings. The molecule has 1 heterocycles. The molecule has 0 aliphatic heterocycles. The third-order valence-corrected chi connectivity index (χ3v) is 4.64. The van der Waals surface area contributed by atoms with Gasteiger partial charge in [0.25, 0.3) is 0 Å². The predicted octanol–water partition coefficient (Wildman–Crippen LogP) is 2.83. The maximum atomic E-state index is 12.5. The van der Waals surface area contributed by atoms with Gasteiger partial charge in [0.05, 0.1) is 11.6 Å². The second kappa shape index (κ2) is 6.41.